The first-order chi connectivity index (χ1) is 7.13. The Kier molecular flexibility index (Phi) is 2.31. The molecule has 0 unspecified atom stereocenters. The minimum atomic E-state index is -0.663. The molecule has 1 saturated carbocycles. The molecule has 1 aliphatic rings. The Hall–Kier alpha value is -1.29. The topological polar surface area (TPSA) is 55.5 Å². The average Bonchev–Trinajstić information content (AvgIpc) is 3.02. The fraction of sp³-hybridized carbons (Fsp3) is 0.455. The first kappa shape index (κ1) is 10.2. The molecule has 0 bridgehead atoms. The molecule has 0 saturated heterocycles. The second kappa shape index (κ2) is 3.38. The predicted octanol–water partition coefficient (Wildman–Crippen LogP) is 1.53. The van der Waals surface area contributed by atoms with E-state index in [2.05, 4.69) is 0 Å². The number of phenols is 1. The summed E-state index contributed by atoms with van der Waals surface area (Å²) in [6.45, 7) is 0.494. The van der Waals surface area contributed by atoms with E-state index >= 15 is 0 Å². The maximum Gasteiger partial charge on any atom is 0.168 e. The lowest BCUT2D eigenvalue weighted by molar-refractivity contribution is 0.388. The van der Waals surface area contributed by atoms with Crippen molar-refractivity contribution >= 4 is 0 Å². The number of aromatic hydroxyl groups is 1. The molecule has 1 aromatic carbocycles. The molecule has 3 N–H and O–H groups in total. The fourth-order valence-electron chi connectivity index (χ4n) is 1.86. The highest BCUT2D eigenvalue weighted by atomic mass is 19.1. The van der Waals surface area contributed by atoms with Gasteiger partial charge in [-0.1, -0.05) is 0 Å². The van der Waals surface area contributed by atoms with E-state index in [4.69, 9.17) is 10.5 Å². The molecule has 1 aromatic rings. The van der Waals surface area contributed by atoms with E-state index in [9.17, 15) is 9.50 Å². The molecule has 2 rings (SSSR count). The summed E-state index contributed by atoms with van der Waals surface area (Å²) in [6, 6.07) is 2.63. The van der Waals surface area contributed by atoms with Gasteiger partial charge in [0, 0.05) is 23.6 Å². The summed E-state index contributed by atoms with van der Waals surface area (Å²) in [5.74, 6) is -0.540. The third kappa shape index (κ3) is 1.55. The van der Waals surface area contributed by atoms with Crippen LogP contribution in [-0.2, 0) is 5.41 Å². The van der Waals surface area contributed by atoms with Gasteiger partial charge >= 0.3 is 0 Å². The van der Waals surface area contributed by atoms with Crippen LogP contribution < -0.4 is 10.5 Å². The zero-order valence-corrected chi connectivity index (χ0v) is 8.59. The highest BCUT2D eigenvalue weighted by Crippen LogP contribution is 2.51. The maximum atomic E-state index is 13.1. The molecule has 4 heteroatoms. The van der Waals surface area contributed by atoms with E-state index in [1.165, 1.54) is 19.2 Å². The van der Waals surface area contributed by atoms with Crippen molar-refractivity contribution in [3.05, 3.63) is 23.5 Å². The average molecular weight is 211 g/mol. The van der Waals surface area contributed by atoms with Crippen LogP contribution in [-0.4, -0.2) is 18.8 Å². The van der Waals surface area contributed by atoms with Crippen molar-refractivity contribution in [2.75, 3.05) is 13.7 Å². The Labute approximate surface area is 87.7 Å². The molecule has 0 aliphatic heterocycles. The van der Waals surface area contributed by atoms with Crippen molar-refractivity contribution in [2.45, 2.75) is 18.3 Å². The van der Waals surface area contributed by atoms with Gasteiger partial charge in [-0.3, -0.25) is 0 Å². The van der Waals surface area contributed by atoms with Gasteiger partial charge in [0.2, 0.25) is 0 Å². The van der Waals surface area contributed by atoms with Crippen LogP contribution in [0.3, 0.4) is 0 Å². The standard InChI is InChI=1S/C11H14FNO2/c1-15-10-5-8(12)9(14)4-7(10)11(6-13)2-3-11/h4-5,14H,2-3,6,13H2,1H3. The number of benzene rings is 1. The van der Waals surface area contributed by atoms with Gasteiger partial charge in [-0.15, -0.1) is 0 Å². The summed E-state index contributed by atoms with van der Waals surface area (Å²) in [6.07, 6.45) is 1.93. The summed E-state index contributed by atoms with van der Waals surface area (Å²) < 4.78 is 18.2. The molecule has 0 amide bonds. The van der Waals surface area contributed by atoms with Crippen molar-refractivity contribution in [2.24, 2.45) is 5.73 Å². The molecule has 15 heavy (non-hydrogen) atoms. The highest BCUT2D eigenvalue weighted by molar-refractivity contribution is 5.48. The van der Waals surface area contributed by atoms with Crippen LogP contribution in [0.1, 0.15) is 18.4 Å². The second-order valence-electron chi connectivity index (χ2n) is 3.99. The van der Waals surface area contributed by atoms with Gasteiger partial charge in [-0.25, -0.2) is 4.39 Å². The van der Waals surface area contributed by atoms with Crippen LogP contribution in [0.5, 0.6) is 11.5 Å². The quantitative estimate of drug-likeness (QED) is 0.797. The summed E-state index contributed by atoms with van der Waals surface area (Å²) in [5.41, 5.74) is 6.38. The minimum Gasteiger partial charge on any atom is -0.505 e. The molecule has 1 fully saturated rings. The first-order valence-electron chi connectivity index (χ1n) is 4.90. The molecule has 3 nitrogen and oxygen atoms in total. The molecular formula is C11H14FNO2. The monoisotopic (exact) mass is 211 g/mol. The zero-order chi connectivity index (χ0) is 11.1. The van der Waals surface area contributed by atoms with E-state index in [-0.39, 0.29) is 11.2 Å². The Morgan fingerprint density at radius 3 is 2.67 bits per heavy atom. The zero-order valence-electron chi connectivity index (χ0n) is 8.59. The third-order valence-corrected chi connectivity index (χ3v) is 3.08. The lowest BCUT2D eigenvalue weighted by atomic mass is 9.95. The fourth-order valence-corrected chi connectivity index (χ4v) is 1.86. The molecule has 1 aliphatic carbocycles. The molecule has 0 atom stereocenters. The van der Waals surface area contributed by atoms with Crippen LogP contribution in [0.15, 0.2) is 12.1 Å². The molecule has 0 heterocycles. The third-order valence-electron chi connectivity index (χ3n) is 3.08. The molecular weight excluding hydrogens is 197 g/mol. The van der Waals surface area contributed by atoms with Crippen LogP contribution in [0.2, 0.25) is 0 Å². The lowest BCUT2D eigenvalue weighted by Gasteiger charge is -2.17. The summed E-state index contributed by atoms with van der Waals surface area (Å²) >= 11 is 0. The van der Waals surface area contributed by atoms with Crippen molar-refractivity contribution in [3.8, 4) is 11.5 Å². The molecule has 82 valence electrons. The van der Waals surface area contributed by atoms with Gasteiger partial charge in [0.05, 0.1) is 7.11 Å². The Morgan fingerprint density at radius 2 is 2.20 bits per heavy atom. The van der Waals surface area contributed by atoms with E-state index in [1.807, 2.05) is 0 Å². The van der Waals surface area contributed by atoms with E-state index < -0.39 is 5.82 Å². The Morgan fingerprint density at radius 1 is 1.53 bits per heavy atom. The Balaban J connectivity index is 2.50. The van der Waals surface area contributed by atoms with E-state index in [0.717, 1.165) is 18.4 Å². The number of nitrogens with two attached hydrogens (primary N) is 1. The number of halogens is 1. The highest BCUT2D eigenvalue weighted by Gasteiger charge is 2.45. The van der Waals surface area contributed by atoms with Crippen LogP contribution in [0, 0.1) is 5.82 Å². The van der Waals surface area contributed by atoms with Crippen molar-refractivity contribution in [1.29, 1.82) is 0 Å². The lowest BCUT2D eigenvalue weighted by Crippen LogP contribution is -2.20. The Bertz CT molecular complexity index is 388. The summed E-state index contributed by atoms with van der Waals surface area (Å²) in [5, 5.41) is 9.34. The minimum absolute atomic E-state index is 0.115. The molecule has 0 aromatic heterocycles. The van der Waals surface area contributed by atoms with Gasteiger partial charge < -0.3 is 15.6 Å². The van der Waals surface area contributed by atoms with Crippen LogP contribution in [0.4, 0.5) is 4.39 Å². The van der Waals surface area contributed by atoms with E-state index in [1.54, 1.807) is 0 Å². The SMILES string of the molecule is COc1cc(F)c(O)cc1C1(CN)CC1. The normalized spacial score (nSPS) is 17.5. The van der Waals surface area contributed by atoms with Crippen LogP contribution >= 0.6 is 0 Å². The van der Waals surface area contributed by atoms with Gasteiger partial charge in [0.1, 0.15) is 5.75 Å². The van der Waals surface area contributed by atoms with E-state index in [0.29, 0.717) is 12.3 Å². The number of methoxy groups -OCH3 is 1. The second-order valence-corrected chi connectivity index (χ2v) is 3.99. The van der Waals surface area contributed by atoms with Gasteiger partial charge in [0.25, 0.3) is 0 Å². The van der Waals surface area contributed by atoms with Crippen LogP contribution in [0.25, 0.3) is 0 Å². The predicted molar refractivity (Wildman–Crippen MR) is 54.6 cm³/mol. The van der Waals surface area contributed by atoms with Crippen molar-refractivity contribution < 1.29 is 14.2 Å². The number of rotatable bonds is 3. The van der Waals surface area contributed by atoms with Crippen molar-refractivity contribution in [1.82, 2.24) is 0 Å². The van der Waals surface area contributed by atoms with Gasteiger partial charge in [0.15, 0.2) is 11.6 Å². The number of phenolic OH excluding ortho intramolecular Hbond substituents is 1. The van der Waals surface area contributed by atoms with Crippen molar-refractivity contribution in [3.63, 3.8) is 0 Å². The smallest absolute Gasteiger partial charge is 0.168 e. The maximum absolute atomic E-state index is 13.1. The first-order valence-corrected chi connectivity index (χ1v) is 4.90. The molecule has 0 spiro atoms. The van der Waals surface area contributed by atoms with Gasteiger partial charge in [-0.05, 0) is 18.9 Å². The summed E-state index contributed by atoms with van der Waals surface area (Å²) in [4.78, 5) is 0. The number of hydrogen-bond acceptors (Lipinski definition) is 3. The summed E-state index contributed by atoms with van der Waals surface area (Å²) in [7, 11) is 1.49. The number of ether oxygens (including phenoxy) is 1. The number of hydrogen-bond donors (Lipinski definition) is 2. The van der Waals surface area contributed by atoms with Gasteiger partial charge in [-0.2, -0.15) is 0 Å². The largest absolute Gasteiger partial charge is 0.505 e. The molecule has 0 radical (unpaired) electrons.